The van der Waals surface area contributed by atoms with Gasteiger partial charge in [0.1, 0.15) is 5.82 Å². The Labute approximate surface area is 92.6 Å². The van der Waals surface area contributed by atoms with E-state index >= 15 is 0 Å². The maximum Gasteiger partial charge on any atom is 0.123 e. The van der Waals surface area contributed by atoms with Gasteiger partial charge < -0.3 is 0 Å². The van der Waals surface area contributed by atoms with Gasteiger partial charge in [-0.05, 0) is 34.9 Å². The van der Waals surface area contributed by atoms with Crippen molar-refractivity contribution in [1.29, 1.82) is 0 Å². The van der Waals surface area contributed by atoms with Gasteiger partial charge in [0.2, 0.25) is 0 Å². The first-order valence-electron chi connectivity index (χ1n) is 4.89. The average molecular weight is 257 g/mol. The molecule has 0 saturated heterocycles. The minimum Gasteiger partial charge on any atom is -0.207 e. The highest BCUT2D eigenvalue weighted by Crippen LogP contribution is 2.64. The summed E-state index contributed by atoms with van der Waals surface area (Å²) in [6.45, 7) is 4.49. The molecule has 1 aromatic rings. The van der Waals surface area contributed by atoms with E-state index in [0.717, 1.165) is 10.9 Å². The van der Waals surface area contributed by atoms with Gasteiger partial charge in [0.25, 0.3) is 0 Å². The minimum absolute atomic E-state index is 0.126. The average Bonchev–Trinajstić information content (AvgIpc) is 2.68. The summed E-state index contributed by atoms with van der Waals surface area (Å²) in [6.07, 6.45) is 0. The van der Waals surface area contributed by atoms with E-state index < -0.39 is 0 Å². The van der Waals surface area contributed by atoms with Gasteiger partial charge in [-0.2, -0.15) is 0 Å². The largest absolute Gasteiger partial charge is 0.207 e. The third-order valence-corrected chi connectivity index (χ3v) is 4.12. The molecule has 1 saturated carbocycles. The van der Waals surface area contributed by atoms with Gasteiger partial charge in [-0.15, -0.1) is 0 Å². The van der Waals surface area contributed by atoms with Gasteiger partial charge in [-0.25, -0.2) is 4.39 Å². The van der Waals surface area contributed by atoms with Crippen LogP contribution in [0.5, 0.6) is 0 Å². The molecule has 76 valence electrons. The van der Waals surface area contributed by atoms with Crippen LogP contribution in [-0.2, 0) is 0 Å². The van der Waals surface area contributed by atoms with Crippen LogP contribution in [0.2, 0.25) is 0 Å². The molecule has 0 aliphatic heterocycles. The number of benzene rings is 1. The smallest absolute Gasteiger partial charge is 0.123 e. The molecule has 14 heavy (non-hydrogen) atoms. The summed E-state index contributed by atoms with van der Waals surface area (Å²) in [4.78, 5) is 0. The highest BCUT2D eigenvalue weighted by molar-refractivity contribution is 9.09. The zero-order valence-corrected chi connectivity index (χ0v) is 10.0. The zero-order valence-electron chi connectivity index (χ0n) is 8.43. The van der Waals surface area contributed by atoms with Crippen molar-refractivity contribution in [1.82, 2.24) is 0 Å². The molecule has 2 unspecified atom stereocenters. The predicted molar refractivity (Wildman–Crippen MR) is 60.2 cm³/mol. The molecule has 0 spiro atoms. The van der Waals surface area contributed by atoms with Crippen LogP contribution in [0.3, 0.4) is 0 Å². The second-order valence-corrected chi connectivity index (χ2v) is 5.26. The third kappa shape index (κ3) is 1.50. The lowest BCUT2D eigenvalue weighted by Crippen LogP contribution is -1.91. The van der Waals surface area contributed by atoms with E-state index in [1.54, 1.807) is 12.1 Å². The number of hydrogen-bond donors (Lipinski definition) is 0. The fraction of sp³-hybridized carbons (Fsp3) is 0.500. The molecule has 0 aromatic heterocycles. The van der Waals surface area contributed by atoms with E-state index in [4.69, 9.17) is 0 Å². The first-order chi connectivity index (χ1) is 6.57. The summed E-state index contributed by atoms with van der Waals surface area (Å²) in [5, 5.41) is 1.00. The van der Waals surface area contributed by atoms with E-state index in [1.807, 2.05) is 6.07 Å². The van der Waals surface area contributed by atoms with Gasteiger partial charge in [0, 0.05) is 5.33 Å². The van der Waals surface area contributed by atoms with Gasteiger partial charge >= 0.3 is 0 Å². The van der Waals surface area contributed by atoms with Crippen LogP contribution in [0.1, 0.15) is 25.3 Å². The van der Waals surface area contributed by atoms with Crippen molar-refractivity contribution < 1.29 is 4.39 Å². The van der Waals surface area contributed by atoms with Crippen molar-refractivity contribution in [2.75, 3.05) is 5.33 Å². The topological polar surface area (TPSA) is 0 Å². The van der Waals surface area contributed by atoms with Crippen LogP contribution in [0, 0.1) is 17.2 Å². The van der Waals surface area contributed by atoms with Crippen molar-refractivity contribution in [2.45, 2.75) is 19.8 Å². The summed E-state index contributed by atoms with van der Waals surface area (Å²) in [6, 6.07) is 6.99. The normalized spacial score (nSPS) is 28.9. The molecule has 2 atom stereocenters. The van der Waals surface area contributed by atoms with E-state index in [1.165, 1.54) is 6.07 Å². The van der Waals surface area contributed by atoms with Crippen molar-refractivity contribution in [3.8, 4) is 0 Å². The number of halogens is 2. The second-order valence-electron chi connectivity index (χ2n) is 4.61. The maximum atomic E-state index is 13.0. The first-order valence-corrected chi connectivity index (χ1v) is 6.01. The lowest BCUT2D eigenvalue weighted by atomic mass is 10.0. The summed E-state index contributed by atoms with van der Waals surface area (Å²) < 4.78 is 13.0. The standard InChI is InChI=1S/C12H14BrF/c1-12(2)10(7-13)11(12)8-4-3-5-9(14)6-8/h3-6,10-11H,7H2,1-2H3. The Morgan fingerprint density at radius 1 is 1.43 bits per heavy atom. The SMILES string of the molecule is CC1(C)C(CBr)C1c1cccc(F)c1. The Bertz CT molecular complexity index is 346. The molecule has 0 N–H and O–H groups in total. The highest BCUT2D eigenvalue weighted by atomic mass is 79.9. The predicted octanol–water partition coefficient (Wildman–Crippen LogP) is 3.96. The molecular formula is C12H14BrF. The highest BCUT2D eigenvalue weighted by Gasteiger charge is 2.57. The Balaban J connectivity index is 2.26. The zero-order chi connectivity index (χ0) is 10.3. The van der Waals surface area contributed by atoms with Gasteiger partial charge in [0.15, 0.2) is 0 Å². The fourth-order valence-corrected chi connectivity index (χ4v) is 3.60. The van der Waals surface area contributed by atoms with E-state index in [9.17, 15) is 4.39 Å². The molecule has 0 radical (unpaired) electrons. The van der Waals surface area contributed by atoms with Gasteiger partial charge in [-0.3, -0.25) is 0 Å². The molecule has 0 nitrogen and oxygen atoms in total. The molecule has 0 bridgehead atoms. The molecule has 2 rings (SSSR count). The third-order valence-electron chi connectivity index (χ3n) is 3.42. The summed E-state index contributed by atoms with van der Waals surface area (Å²) in [5.41, 5.74) is 1.46. The van der Waals surface area contributed by atoms with E-state index in [2.05, 4.69) is 29.8 Å². The Morgan fingerprint density at radius 2 is 2.14 bits per heavy atom. The summed E-state index contributed by atoms with van der Waals surface area (Å²) >= 11 is 3.51. The summed E-state index contributed by atoms with van der Waals surface area (Å²) in [7, 11) is 0. The first kappa shape index (κ1) is 10.2. The van der Waals surface area contributed by atoms with E-state index in [-0.39, 0.29) is 5.82 Å². The van der Waals surface area contributed by atoms with Crippen LogP contribution in [0.4, 0.5) is 4.39 Å². The van der Waals surface area contributed by atoms with Gasteiger partial charge in [-0.1, -0.05) is 41.9 Å². The van der Waals surface area contributed by atoms with Crippen molar-refractivity contribution in [2.24, 2.45) is 11.3 Å². The molecule has 2 heteroatoms. The Kier molecular flexibility index (Phi) is 2.42. The van der Waals surface area contributed by atoms with Crippen molar-refractivity contribution in [3.05, 3.63) is 35.6 Å². The lowest BCUT2D eigenvalue weighted by molar-refractivity contribution is 0.577. The molecule has 0 amide bonds. The lowest BCUT2D eigenvalue weighted by Gasteiger charge is -2.02. The van der Waals surface area contributed by atoms with Crippen molar-refractivity contribution in [3.63, 3.8) is 0 Å². The number of rotatable bonds is 2. The fourth-order valence-electron chi connectivity index (χ4n) is 2.39. The summed E-state index contributed by atoms with van der Waals surface area (Å²) in [5.74, 6) is 1.03. The second kappa shape index (κ2) is 3.34. The molecule has 1 aromatic carbocycles. The number of alkyl halides is 1. The Hall–Kier alpha value is -0.370. The molecule has 0 heterocycles. The van der Waals surface area contributed by atoms with E-state index in [0.29, 0.717) is 17.3 Å². The monoisotopic (exact) mass is 256 g/mol. The van der Waals surface area contributed by atoms with Crippen LogP contribution in [0.25, 0.3) is 0 Å². The van der Waals surface area contributed by atoms with Crippen LogP contribution in [-0.4, -0.2) is 5.33 Å². The van der Waals surface area contributed by atoms with Crippen LogP contribution >= 0.6 is 15.9 Å². The molecular weight excluding hydrogens is 243 g/mol. The van der Waals surface area contributed by atoms with Crippen molar-refractivity contribution >= 4 is 15.9 Å². The van der Waals surface area contributed by atoms with Gasteiger partial charge in [0.05, 0.1) is 0 Å². The van der Waals surface area contributed by atoms with Crippen LogP contribution < -0.4 is 0 Å². The number of hydrogen-bond acceptors (Lipinski definition) is 0. The molecule has 1 fully saturated rings. The maximum absolute atomic E-state index is 13.0. The Morgan fingerprint density at radius 3 is 2.64 bits per heavy atom. The molecule has 1 aliphatic rings. The van der Waals surface area contributed by atoms with Crippen LogP contribution in [0.15, 0.2) is 24.3 Å². The quantitative estimate of drug-likeness (QED) is 0.703. The molecule has 1 aliphatic carbocycles. The minimum atomic E-state index is -0.126.